The summed E-state index contributed by atoms with van der Waals surface area (Å²) in [7, 11) is -3.43. The van der Waals surface area contributed by atoms with E-state index in [0.29, 0.717) is 0 Å². The van der Waals surface area contributed by atoms with Gasteiger partial charge in [-0.05, 0) is 41.0 Å². The molecule has 104 valence electrons. The molecule has 0 heterocycles. The lowest BCUT2D eigenvalue weighted by Crippen LogP contribution is -2.53. The second-order valence-corrected chi connectivity index (χ2v) is 7.71. The lowest BCUT2D eigenvalue weighted by Gasteiger charge is -2.29. The van der Waals surface area contributed by atoms with E-state index in [1.165, 1.54) is 0 Å². The van der Waals surface area contributed by atoms with Crippen molar-refractivity contribution >= 4 is 10.2 Å². The Bertz CT molecular complexity index is 316. The van der Waals surface area contributed by atoms with Crippen LogP contribution >= 0.6 is 0 Å². The highest BCUT2D eigenvalue weighted by Crippen LogP contribution is 2.15. The second kappa shape index (κ2) is 6.16. The predicted octanol–water partition coefficient (Wildman–Crippen LogP) is 2.57. The van der Waals surface area contributed by atoms with Gasteiger partial charge in [-0.25, -0.2) is 0 Å². The van der Waals surface area contributed by atoms with Crippen molar-refractivity contribution in [2.24, 2.45) is 0 Å². The Morgan fingerprint density at radius 2 is 1.47 bits per heavy atom. The third-order valence-corrected chi connectivity index (χ3v) is 3.96. The van der Waals surface area contributed by atoms with Gasteiger partial charge in [0.1, 0.15) is 0 Å². The smallest absolute Gasteiger partial charge is 0.197 e. The van der Waals surface area contributed by atoms with E-state index in [4.69, 9.17) is 0 Å². The van der Waals surface area contributed by atoms with Gasteiger partial charge in [0.25, 0.3) is 10.2 Å². The summed E-state index contributed by atoms with van der Waals surface area (Å²) in [5.41, 5.74) is -0.850. The Hall–Kier alpha value is -0.130. The molecular formula is C12H28N2O2S. The molecule has 0 atom stereocenters. The van der Waals surface area contributed by atoms with Gasteiger partial charge in [-0.2, -0.15) is 17.9 Å². The van der Waals surface area contributed by atoms with Crippen LogP contribution in [0.15, 0.2) is 0 Å². The molecule has 0 saturated carbocycles. The standard InChI is InChI=1S/C12H28N2O2S/c1-7-8-9-10-12(5,6)14-17(15,16)13-11(2,3)4/h13-14H,7-10H2,1-6H3. The largest absolute Gasteiger partial charge is 0.277 e. The summed E-state index contributed by atoms with van der Waals surface area (Å²) in [6, 6.07) is 0. The van der Waals surface area contributed by atoms with Crippen LogP contribution in [0.3, 0.4) is 0 Å². The van der Waals surface area contributed by atoms with Crippen LogP contribution in [0.1, 0.15) is 67.2 Å². The number of rotatable bonds is 7. The fourth-order valence-corrected chi connectivity index (χ4v) is 3.35. The lowest BCUT2D eigenvalue weighted by molar-refractivity contribution is 0.392. The topological polar surface area (TPSA) is 58.2 Å². The Labute approximate surface area is 107 Å². The third kappa shape index (κ3) is 9.56. The minimum Gasteiger partial charge on any atom is -0.197 e. The zero-order chi connectivity index (χ0) is 13.7. The van der Waals surface area contributed by atoms with Gasteiger partial charge in [-0.3, -0.25) is 0 Å². The van der Waals surface area contributed by atoms with Gasteiger partial charge in [0.05, 0.1) is 0 Å². The Balaban J connectivity index is 4.39. The maximum absolute atomic E-state index is 11.9. The van der Waals surface area contributed by atoms with Gasteiger partial charge in [0, 0.05) is 11.1 Å². The molecule has 0 aliphatic rings. The average Bonchev–Trinajstić information content (AvgIpc) is 1.96. The second-order valence-electron chi connectivity index (χ2n) is 6.30. The molecule has 0 aromatic carbocycles. The molecule has 0 amide bonds. The minimum absolute atomic E-state index is 0.397. The molecule has 0 unspecified atom stereocenters. The Kier molecular flexibility index (Phi) is 6.11. The highest BCUT2D eigenvalue weighted by Gasteiger charge is 2.27. The molecule has 0 rings (SSSR count). The van der Waals surface area contributed by atoms with Gasteiger partial charge in [-0.15, -0.1) is 0 Å². The van der Waals surface area contributed by atoms with Crippen molar-refractivity contribution in [2.45, 2.75) is 78.3 Å². The highest BCUT2D eigenvalue weighted by molar-refractivity contribution is 7.87. The molecule has 0 bridgehead atoms. The molecule has 0 fully saturated rings. The fourth-order valence-electron chi connectivity index (χ4n) is 1.66. The number of unbranched alkanes of at least 4 members (excludes halogenated alkanes) is 2. The molecule has 0 aliphatic carbocycles. The van der Waals surface area contributed by atoms with Crippen LogP contribution in [0, 0.1) is 0 Å². The van der Waals surface area contributed by atoms with Crippen LogP contribution in [0.5, 0.6) is 0 Å². The van der Waals surface area contributed by atoms with Crippen LogP contribution in [0.2, 0.25) is 0 Å². The van der Waals surface area contributed by atoms with Crippen molar-refractivity contribution in [1.29, 1.82) is 0 Å². The molecule has 0 aromatic rings. The summed E-state index contributed by atoms with van der Waals surface area (Å²) in [4.78, 5) is 0. The van der Waals surface area contributed by atoms with Gasteiger partial charge < -0.3 is 0 Å². The zero-order valence-electron chi connectivity index (χ0n) is 12.1. The zero-order valence-corrected chi connectivity index (χ0v) is 12.9. The first-order valence-electron chi connectivity index (χ1n) is 6.30. The first-order chi connectivity index (χ1) is 7.47. The molecule has 0 saturated heterocycles. The van der Waals surface area contributed by atoms with Gasteiger partial charge in [0.15, 0.2) is 0 Å². The summed E-state index contributed by atoms with van der Waals surface area (Å²) in [6.45, 7) is 11.5. The van der Waals surface area contributed by atoms with Crippen molar-refractivity contribution < 1.29 is 8.42 Å². The molecule has 0 spiro atoms. The Morgan fingerprint density at radius 3 is 1.88 bits per heavy atom. The van der Waals surface area contributed by atoms with Crippen LogP contribution in [0.4, 0.5) is 0 Å². The molecule has 0 radical (unpaired) electrons. The summed E-state index contributed by atoms with van der Waals surface area (Å²) in [6.07, 6.45) is 4.17. The molecule has 0 aliphatic heterocycles. The van der Waals surface area contributed by atoms with Crippen molar-refractivity contribution in [3.8, 4) is 0 Å². The monoisotopic (exact) mass is 264 g/mol. The number of nitrogens with one attached hydrogen (secondary N) is 2. The molecule has 2 N–H and O–H groups in total. The summed E-state index contributed by atoms with van der Waals surface area (Å²) < 4.78 is 29.1. The predicted molar refractivity (Wildman–Crippen MR) is 73.2 cm³/mol. The van der Waals surface area contributed by atoms with Gasteiger partial charge in [-0.1, -0.05) is 26.2 Å². The first-order valence-corrected chi connectivity index (χ1v) is 7.79. The van der Waals surface area contributed by atoms with E-state index >= 15 is 0 Å². The first kappa shape index (κ1) is 16.9. The Morgan fingerprint density at radius 1 is 0.941 bits per heavy atom. The van der Waals surface area contributed by atoms with E-state index in [-0.39, 0.29) is 0 Å². The molecule has 0 aromatic heterocycles. The van der Waals surface area contributed by atoms with E-state index in [9.17, 15) is 8.42 Å². The number of hydrogen-bond acceptors (Lipinski definition) is 2. The van der Waals surface area contributed by atoms with Crippen molar-refractivity contribution in [2.75, 3.05) is 0 Å². The maximum Gasteiger partial charge on any atom is 0.277 e. The van der Waals surface area contributed by atoms with E-state index in [1.807, 2.05) is 34.6 Å². The van der Waals surface area contributed by atoms with Crippen LogP contribution < -0.4 is 9.44 Å². The quantitative estimate of drug-likeness (QED) is 0.694. The minimum atomic E-state index is -3.43. The summed E-state index contributed by atoms with van der Waals surface area (Å²) >= 11 is 0. The maximum atomic E-state index is 11.9. The highest BCUT2D eigenvalue weighted by atomic mass is 32.2. The third-order valence-electron chi connectivity index (χ3n) is 2.26. The average molecular weight is 264 g/mol. The van der Waals surface area contributed by atoms with E-state index in [0.717, 1.165) is 25.7 Å². The number of hydrogen-bond donors (Lipinski definition) is 2. The van der Waals surface area contributed by atoms with Crippen molar-refractivity contribution in [3.63, 3.8) is 0 Å². The van der Waals surface area contributed by atoms with E-state index in [2.05, 4.69) is 16.4 Å². The van der Waals surface area contributed by atoms with Crippen LogP contribution in [-0.2, 0) is 10.2 Å². The molecule has 17 heavy (non-hydrogen) atoms. The van der Waals surface area contributed by atoms with E-state index in [1.54, 1.807) is 0 Å². The summed E-state index contributed by atoms with van der Waals surface area (Å²) in [5, 5.41) is 0. The normalized spacial score (nSPS) is 14.0. The van der Waals surface area contributed by atoms with Crippen molar-refractivity contribution in [1.82, 2.24) is 9.44 Å². The van der Waals surface area contributed by atoms with Crippen molar-refractivity contribution in [3.05, 3.63) is 0 Å². The molecular weight excluding hydrogens is 236 g/mol. The van der Waals surface area contributed by atoms with Crippen LogP contribution in [-0.4, -0.2) is 19.5 Å². The van der Waals surface area contributed by atoms with Gasteiger partial charge >= 0.3 is 0 Å². The summed E-state index contributed by atoms with van der Waals surface area (Å²) in [5.74, 6) is 0. The lowest BCUT2D eigenvalue weighted by atomic mass is 9.98. The SMILES string of the molecule is CCCCCC(C)(C)NS(=O)(=O)NC(C)(C)C. The van der Waals surface area contributed by atoms with Crippen LogP contribution in [0.25, 0.3) is 0 Å². The van der Waals surface area contributed by atoms with Gasteiger partial charge in [0.2, 0.25) is 0 Å². The molecule has 5 heteroatoms. The van der Waals surface area contributed by atoms with E-state index < -0.39 is 21.3 Å². The fraction of sp³-hybridized carbons (Fsp3) is 1.00. The molecule has 4 nitrogen and oxygen atoms in total.